The number of anilines is 2. The SMILES string of the molecule is CCOc1ccccc1OC1CCCN(c2cncc(NC(=O)C34CCC(C(=O)O)(CC3)CC4)n2)C1. The smallest absolute Gasteiger partial charge is 0.309 e. The standard InChI is InChI=1S/C27H34N4O5/c1-2-35-20-7-3-4-8-21(20)36-19-6-5-15-31(18-19)23-17-28-16-22(29-23)30-24(32)26-9-12-27(13-10-26,14-11-26)25(33)34/h3-4,7-8,16-17,19H,2,5-6,9-15,18H2,1H3,(H,33,34)(H,29,30,32). The zero-order valence-electron chi connectivity index (χ0n) is 20.7. The molecule has 1 unspecified atom stereocenters. The van der Waals surface area contributed by atoms with Gasteiger partial charge in [0.05, 0.1) is 31.0 Å². The van der Waals surface area contributed by atoms with Crippen LogP contribution in [0.1, 0.15) is 58.3 Å². The molecule has 9 nitrogen and oxygen atoms in total. The number of hydrogen-bond donors (Lipinski definition) is 2. The van der Waals surface area contributed by atoms with Crippen LogP contribution in [0.5, 0.6) is 11.5 Å². The van der Waals surface area contributed by atoms with Gasteiger partial charge in [0.1, 0.15) is 11.9 Å². The summed E-state index contributed by atoms with van der Waals surface area (Å²) in [4.78, 5) is 36.2. The predicted octanol–water partition coefficient (Wildman–Crippen LogP) is 4.29. The minimum atomic E-state index is -0.722. The van der Waals surface area contributed by atoms with Crippen molar-refractivity contribution in [1.82, 2.24) is 9.97 Å². The first kappa shape index (κ1) is 24.3. The number of carbonyl (C=O) groups excluding carboxylic acids is 1. The van der Waals surface area contributed by atoms with Gasteiger partial charge in [-0.2, -0.15) is 0 Å². The minimum Gasteiger partial charge on any atom is -0.490 e. The highest BCUT2D eigenvalue weighted by molar-refractivity contribution is 5.95. The number of nitrogens with zero attached hydrogens (tertiary/aromatic N) is 3. The lowest BCUT2D eigenvalue weighted by molar-refractivity contribution is -0.162. The maximum absolute atomic E-state index is 13.3. The number of benzene rings is 1. The summed E-state index contributed by atoms with van der Waals surface area (Å²) in [5.41, 5.74) is -1.15. The molecule has 2 N–H and O–H groups in total. The number of hydrogen-bond acceptors (Lipinski definition) is 7. The summed E-state index contributed by atoms with van der Waals surface area (Å²) in [5.74, 6) is 1.82. The fourth-order valence-electron chi connectivity index (χ4n) is 5.91. The van der Waals surface area contributed by atoms with Gasteiger partial charge in [-0.15, -0.1) is 0 Å². The second-order valence-electron chi connectivity index (χ2n) is 10.3. The van der Waals surface area contributed by atoms with Gasteiger partial charge in [0, 0.05) is 12.0 Å². The summed E-state index contributed by atoms with van der Waals surface area (Å²) in [7, 11) is 0. The topological polar surface area (TPSA) is 114 Å². The van der Waals surface area contributed by atoms with Crippen LogP contribution < -0.4 is 19.7 Å². The van der Waals surface area contributed by atoms with Gasteiger partial charge in [-0.1, -0.05) is 12.1 Å². The van der Waals surface area contributed by atoms with E-state index >= 15 is 0 Å². The Hall–Kier alpha value is -3.36. The number of carboxylic acid groups (broad SMARTS) is 1. The van der Waals surface area contributed by atoms with Crippen LogP contribution in [0.15, 0.2) is 36.7 Å². The number of carboxylic acids is 1. The molecule has 4 fully saturated rings. The summed E-state index contributed by atoms with van der Waals surface area (Å²) in [6, 6.07) is 7.71. The number of aliphatic carboxylic acids is 1. The van der Waals surface area contributed by atoms with Crippen molar-refractivity contribution in [3.8, 4) is 11.5 Å². The maximum atomic E-state index is 13.3. The molecule has 0 radical (unpaired) electrons. The van der Waals surface area contributed by atoms with Crippen LogP contribution in [0.25, 0.3) is 0 Å². The summed E-state index contributed by atoms with van der Waals surface area (Å²) >= 11 is 0. The predicted molar refractivity (Wildman–Crippen MR) is 134 cm³/mol. The van der Waals surface area contributed by atoms with Gasteiger partial charge < -0.3 is 24.8 Å². The number of fused-ring (bicyclic) bond motifs is 3. The van der Waals surface area contributed by atoms with Crippen LogP contribution >= 0.6 is 0 Å². The van der Waals surface area contributed by atoms with Crippen LogP contribution in [0.4, 0.5) is 11.6 Å². The quantitative estimate of drug-likeness (QED) is 0.559. The molecule has 1 saturated heterocycles. The van der Waals surface area contributed by atoms with Crippen molar-refractivity contribution < 1.29 is 24.2 Å². The molecule has 3 saturated carbocycles. The molecule has 1 aromatic heterocycles. The summed E-state index contributed by atoms with van der Waals surface area (Å²) in [6.45, 7) is 4.02. The average molecular weight is 495 g/mol. The van der Waals surface area contributed by atoms with E-state index < -0.39 is 16.8 Å². The van der Waals surface area contributed by atoms with Gasteiger partial charge in [0.15, 0.2) is 17.3 Å². The van der Waals surface area contributed by atoms with Crippen molar-refractivity contribution >= 4 is 23.5 Å². The number of aromatic nitrogens is 2. The van der Waals surface area contributed by atoms with Crippen molar-refractivity contribution in [3.05, 3.63) is 36.7 Å². The Kier molecular flexibility index (Phi) is 6.73. The largest absolute Gasteiger partial charge is 0.490 e. The van der Waals surface area contributed by atoms with Crippen molar-refractivity contribution in [3.63, 3.8) is 0 Å². The lowest BCUT2D eigenvalue weighted by Gasteiger charge is -2.50. The number of carbonyl (C=O) groups is 2. The first-order chi connectivity index (χ1) is 17.4. The molecule has 0 spiro atoms. The Morgan fingerprint density at radius 2 is 1.78 bits per heavy atom. The van der Waals surface area contributed by atoms with Gasteiger partial charge in [0.2, 0.25) is 5.91 Å². The monoisotopic (exact) mass is 494 g/mol. The summed E-state index contributed by atoms with van der Waals surface area (Å²) in [5, 5.41) is 12.6. The van der Waals surface area contributed by atoms with Crippen LogP contribution in [-0.2, 0) is 9.59 Å². The molecule has 1 aromatic carbocycles. The molecule has 2 heterocycles. The van der Waals surface area contributed by atoms with Gasteiger partial charge in [0.25, 0.3) is 0 Å². The normalized spacial score (nSPS) is 27.4. The van der Waals surface area contributed by atoms with E-state index in [2.05, 4.69) is 15.2 Å². The van der Waals surface area contributed by atoms with Crippen molar-refractivity contribution in [1.29, 1.82) is 0 Å². The Morgan fingerprint density at radius 1 is 1.08 bits per heavy atom. The first-order valence-corrected chi connectivity index (χ1v) is 12.9. The van der Waals surface area contributed by atoms with Gasteiger partial charge in [-0.25, -0.2) is 4.98 Å². The number of nitrogens with one attached hydrogen (secondary N) is 1. The lowest BCUT2D eigenvalue weighted by Crippen LogP contribution is -2.50. The van der Waals surface area contributed by atoms with E-state index in [1.54, 1.807) is 12.4 Å². The van der Waals surface area contributed by atoms with Gasteiger partial charge in [-0.3, -0.25) is 14.6 Å². The molecule has 1 aliphatic heterocycles. The van der Waals surface area contributed by atoms with E-state index in [1.165, 1.54) is 0 Å². The maximum Gasteiger partial charge on any atom is 0.309 e. The van der Waals surface area contributed by atoms with Gasteiger partial charge >= 0.3 is 5.97 Å². The van der Waals surface area contributed by atoms with Crippen molar-refractivity contribution in [2.75, 3.05) is 29.9 Å². The first-order valence-electron chi connectivity index (χ1n) is 12.9. The molecule has 36 heavy (non-hydrogen) atoms. The molecule has 1 amide bonds. The van der Waals surface area contributed by atoms with E-state index in [0.29, 0.717) is 63.3 Å². The molecule has 2 bridgehead atoms. The highest BCUT2D eigenvalue weighted by Gasteiger charge is 2.55. The van der Waals surface area contributed by atoms with E-state index in [9.17, 15) is 14.7 Å². The van der Waals surface area contributed by atoms with Crippen LogP contribution in [-0.4, -0.2) is 52.8 Å². The van der Waals surface area contributed by atoms with E-state index in [-0.39, 0.29) is 12.0 Å². The molecule has 3 aliphatic carbocycles. The Morgan fingerprint density at radius 3 is 2.47 bits per heavy atom. The highest BCUT2D eigenvalue weighted by atomic mass is 16.5. The third-order valence-corrected chi connectivity index (χ3v) is 8.19. The van der Waals surface area contributed by atoms with Crippen LogP contribution in [0, 0.1) is 10.8 Å². The molecule has 2 aromatic rings. The number of para-hydroxylation sites is 2. The van der Waals surface area contributed by atoms with Crippen LogP contribution in [0.3, 0.4) is 0 Å². The van der Waals surface area contributed by atoms with E-state index in [1.807, 2.05) is 31.2 Å². The van der Waals surface area contributed by atoms with E-state index in [4.69, 9.17) is 14.5 Å². The summed E-state index contributed by atoms with van der Waals surface area (Å²) < 4.78 is 12.0. The third-order valence-electron chi connectivity index (χ3n) is 8.19. The molecule has 6 rings (SSSR count). The molecule has 9 heteroatoms. The minimum absolute atomic E-state index is 0.0155. The Labute approximate surface area is 211 Å². The van der Waals surface area contributed by atoms with Crippen molar-refractivity contribution in [2.24, 2.45) is 10.8 Å². The van der Waals surface area contributed by atoms with Crippen LogP contribution in [0.2, 0.25) is 0 Å². The Bertz CT molecular complexity index is 1100. The van der Waals surface area contributed by atoms with E-state index in [0.717, 1.165) is 30.9 Å². The molecule has 1 atom stereocenters. The fourth-order valence-corrected chi connectivity index (χ4v) is 5.91. The number of ether oxygens (including phenoxy) is 2. The molecule has 4 aliphatic rings. The molecular weight excluding hydrogens is 460 g/mol. The summed E-state index contributed by atoms with van der Waals surface area (Å²) in [6.07, 6.45) is 8.64. The lowest BCUT2D eigenvalue weighted by atomic mass is 9.53. The highest BCUT2D eigenvalue weighted by Crippen LogP contribution is 2.57. The Balaban J connectivity index is 1.23. The van der Waals surface area contributed by atoms with Gasteiger partial charge in [-0.05, 0) is 70.4 Å². The fraction of sp³-hybridized carbons (Fsp3) is 0.556. The number of amides is 1. The zero-order chi connectivity index (χ0) is 25.2. The average Bonchev–Trinajstić information content (AvgIpc) is 2.91. The second-order valence-corrected chi connectivity index (χ2v) is 10.3. The molecular formula is C27H34N4O5. The van der Waals surface area contributed by atoms with Crippen molar-refractivity contribution in [2.45, 2.75) is 64.4 Å². The number of rotatable bonds is 8. The number of piperidine rings is 1. The molecule has 192 valence electrons. The second kappa shape index (κ2) is 9.95. The third kappa shape index (κ3) is 4.70. The zero-order valence-corrected chi connectivity index (χ0v) is 20.7.